The molecule has 0 aromatic heterocycles. The lowest BCUT2D eigenvalue weighted by Gasteiger charge is -2.37. The molecule has 1 fully saturated rings. The summed E-state index contributed by atoms with van der Waals surface area (Å²) >= 11 is 0. The lowest BCUT2D eigenvalue weighted by atomic mass is 9.83. The van der Waals surface area contributed by atoms with Gasteiger partial charge in [-0.2, -0.15) is 0 Å². The van der Waals surface area contributed by atoms with E-state index < -0.39 is 8.32 Å². The van der Waals surface area contributed by atoms with E-state index in [1.54, 1.807) is 0 Å². The molecule has 0 saturated heterocycles. The fourth-order valence-electron chi connectivity index (χ4n) is 1.98. The number of hydrogen-bond donors (Lipinski definition) is 0. The van der Waals surface area contributed by atoms with E-state index in [-0.39, 0.29) is 16.9 Å². The quantitative estimate of drug-likeness (QED) is 0.686. The third-order valence-electron chi connectivity index (χ3n) is 4.51. The van der Waals surface area contributed by atoms with Gasteiger partial charge in [0.2, 0.25) is 0 Å². The molecule has 1 aliphatic carbocycles. The second-order valence-electron chi connectivity index (χ2n) is 7.14. The van der Waals surface area contributed by atoms with Crippen molar-refractivity contribution >= 4 is 14.3 Å². The maximum atomic E-state index is 12.2. The summed E-state index contributed by atoms with van der Waals surface area (Å²) in [6.45, 7) is 13.1. The summed E-state index contributed by atoms with van der Waals surface area (Å²) in [4.78, 5) is 12.2. The van der Waals surface area contributed by atoms with Crippen molar-refractivity contribution in [2.75, 3.05) is 0 Å². The molecule has 0 bridgehead atoms. The van der Waals surface area contributed by atoms with Gasteiger partial charge < -0.3 is 4.43 Å². The van der Waals surface area contributed by atoms with E-state index in [0.717, 1.165) is 18.8 Å². The van der Waals surface area contributed by atoms with Crippen LogP contribution in [-0.2, 0) is 9.22 Å². The van der Waals surface area contributed by atoms with Crippen LogP contribution in [0.3, 0.4) is 0 Å². The second-order valence-corrected chi connectivity index (χ2v) is 11.9. The fourth-order valence-corrected chi connectivity index (χ4v) is 2.96. The van der Waals surface area contributed by atoms with Crippen molar-refractivity contribution in [3.63, 3.8) is 0 Å². The maximum Gasteiger partial charge on any atom is 0.295 e. The number of carbonyl (C=O) groups is 1. The van der Waals surface area contributed by atoms with Gasteiger partial charge in [-0.15, -0.1) is 0 Å². The van der Waals surface area contributed by atoms with Crippen molar-refractivity contribution in [2.45, 2.75) is 71.5 Å². The largest absolute Gasteiger partial charge is 0.519 e. The molecule has 0 heterocycles. The van der Waals surface area contributed by atoms with E-state index in [2.05, 4.69) is 40.8 Å². The summed E-state index contributed by atoms with van der Waals surface area (Å²) in [6.07, 6.45) is 4.40. The van der Waals surface area contributed by atoms with Crippen LogP contribution in [0.15, 0.2) is 0 Å². The van der Waals surface area contributed by atoms with Crippen LogP contribution in [0.4, 0.5) is 0 Å². The van der Waals surface area contributed by atoms with E-state index in [9.17, 15) is 4.79 Å². The van der Waals surface area contributed by atoms with Crippen LogP contribution in [-0.4, -0.2) is 14.3 Å². The molecule has 100 valence electrons. The third-order valence-corrected chi connectivity index (χ3v) is 8.83. The summed E-state index contributed by atoms with van der Waals surface area (Å²) < 4.78 is 5.88. The van der Waals surface area contributed by atoms with Crippen LogP contribution in [0.2, 0.25) is 18.1 Å². The van der Waals surface area contributed by atoms with Crippen molar-refractivity contribution in [2.24, 2.45) is 11.8 Å². The van der Waals surface area contributed by atoms with Crippen LogP contribution >= 0.6 is 0 Å². The molecule has 0 amide bonds. The maximum absolute atomic E-state index is 12.2. The minimum atomic E-state index is -1.92. The van der Waals surface area contributed by atoms with E-state index in [1.807, 2.05) is 0 Å². The predicted molar refractivity (Wildman–Crippen MR) is 74.4 cm³/mol. The number of rotatable bonds is 2. The molecular formula is C14H28O2Si. The summed E-state index contributed by atoms with van der Waals surface area (Å²) in [6, 6.07) is 0. The molecule has 0 aromatic carbocycles. The highest BCUT2D eigenvalue weighted by Crippen LogP contribution is 2.38. The minimum absolute atomic E-state index is 0.0727. The first-order valence-corrected chi connectivity index (χ1v) is 9.77. The van der Waals surface area contributed by atoms with Crippen molar-refractivity contribution < 1.29 is 9.22 Å². The van der Waals surface area contributed by atoms with Gasteiger partial charge in [-0.1, -0.05) is 27.7 Å². The van der Waals surface area contributed by atoms with Gasteiger partial charge in [0.25, 0.3) is 14.3 Å². The smallest absolute Gasteiger partial charge is 0.295 e. The first-order chi connectivity index (χ1) is 7.63. The topological polar surface area (TPSA) is 26.3 Å². The average Bonchev–Trinajstić information content (AvgIpc) is 2.16. The average molecular weight is 256 g/mol. The van der Waals surface area contributed by atoms with E-state index in [0.29, 0.717) is 0 Å². The fraction of sp³-hybridized carbons (Fsp3) is 0.929. The van der Waals surface area contributed by atoms with E-state index in [1.165, 1.54) is 12.8 Å². The molecule has 1 saturated carbocycles. The highest BCUT2D eigenvalue weighted by molar-refractivity contribution is 6.75. The molecule has 0 atom stereocenters. The van der Waals surface area contributed by atoms with Crippen molar-refractivity contribution in [1.82, 2.24) is 0 Å². The van der Waals surface area contributed by atoms with Gasteiger partial charge in [-0.25, -0.2) is 0 Å². The molecule has 3 heteroatoms. The molecule has 0 unspecified atom stereocenters. The molecule has 0 aromatic rings. The van der Waals surface area contributed by atoms with Crippen LogP contribution in [0.5, 0.6) is 0 Å². The Morgan fingerprint density at radius 2 is 1.59 bits per heavy atom. The first-order valence-electron chi connectivity index (χ1n) is 6.86. The molecule has 1 aliphatic rings. The van der Waals surface area contributed by atoms with E-state index >= 15 is 0 Å². The Labute approximate surface area is 107 Å². The Balaban J connectivity index is 2.55. The van der Waals surface area contributed by atoms with Gasteiger partial charge in [0.1, 0.15) is 0 Å². The van der Waals surface area contributed by atoms with Crippen LogP contribution in [0.25, 0.3) is 0 Å². The molecular weight excluding hydrogens is 228 g/mol. The second kappa shape index (κ2) is 5.13. The standard InChI is InChI=1S/C14H28O2Si/c1-11-7-9-12(10-8-11)13(15)16-17(5,6)14(2,3)4/h11-12H,7-10H2,1-6H3. The van der Waals surface area contributed by atoms with Crippen molar-refractivity contribution in [3.05, 3.63) is 0 Å². The van der Waals surface area contributed by atoms with Gasteiger partial charge >= 0.3 is 0 Å². The lowest BCUT2D eigenvalue weighted by Crippen LogP contribution is -2.44. The Morgan fingerprint density at radius 1 is 1.12 bits per heavy atom. The molecule has 0 aliphatic heterocycles. The zero-order valence-corrected chi connectivity index (χ0v) is 13.3. The molecule has 0 radical (unpaired) electrons. The lowest BCUT2D eigenvalue weighted by molar-refractivity contribution is -0.141. The number of carbonyl (C=O) groups excluding carboxylic acids is 1. The highest BCUT2D eigenvalue weighted by Gasteiger charge is 2.41. The normalized spacial score (nSPS) is 26.7. The van der Waals surface area contributed by atoms with Crippen LogP contribution in [0, 0.1) is 11.8 Å². The molecule has 2 nitrogen and oxygen atoms in total. The summed E-state index contributed by atoms with van der Waals surface area (Å²) in [5.74, 6) is 1.02. The summed E-state index contributed by atoms with van der Waals surface area (Å²) in [7, 11) is -1.92. The van der Waals surface area contributed by atoms with Gasteiger partial charge in [0.05, 0.1) is 5.92 Å². The summed E-state index contributed by atoms with van der Waals surface area (Å²) in [5, 5.41) is 0.116. The minimum Gasteiger partial charge on any atom is -0.519 e. The Morgan fingerprint density at radius 3 is 2.00 bits per heavy atom. The Kier molecular flexibility index (Phi) is 4.45. The molecule has 1 rings (SSSR count). The van der Waals surface area contributed by atoms with E-state index in [4.69, 9.17) is 4.43 Å². The third kappa shape index (κ3) is 3.83. The SMILES string of the molecule is CC1CCC(C(=O)O[Si](C)(C)C(C)(C)C)CC1. The molecule has 0 N–H and O–H groups in total. The monoisotopic (exact) mass is 256 g/mol. The first kappa shape index (κ1) is 14.7. The van der Waals surface area contributed by atoms with Gasteiger partial charge in [0.15, 0.2) is 0 Å². The Bertz CT molecular complexity index is 270. The Hall–Kier alpha value is -0.313. The van der Waals surface area contributed by atoms with Crippen LogP contribution in [0.1, 0.15) is 53.4 Å². The van der Waals surface area contributed by atoms with Gasteiger partial charge in [0, 0.05) is 0 Å². The molecule has 17 heavy (non-hydrogen) atoms. The van der Waals surface area contributed by atoms with Crippen molar-refractivity contribution in [1.29, 1.82) is 0 Å². The predicted octanol–water partition coefficient (Wildman–Crippen LogP) is 4.36. The summed E-state index contributed by atoms with van der Waals surface area (Å²) in [5.41, 5.74) is 0. The van der Waals surface area contributed by atoms with Crippen LogP contribution < -0.4 is 0 Å². The van der Waals surface area contributed by atoms with Crippen molar-refractivity contribution in [3.8, 4) is 0 Å². The van der Waals surface area contributed by atoms with Gasteiger partial charge in [-0.3, -0.25) is 4.79 Å². The zero-order chi connectivity index (χ0) is 13.3. The number of hydrogen-bond acceptors (Lipinski definition) is 2. The zero-order valence-electron chi connectivity index (χ0n) is 12.3. The highest BCUT2D eigenvalue weighted by atomic mass is 28.4. The molecule has 0 spiro atoms. The van der Waals surface area contributed by atoms with Gasteiger partial charge in [-0.05, 0) is 49.7 Å².